The first-order valence-corrected chi connectivity index (χ1v) is 3.75. The molecule has 0 fully saturated rings. The second-order valence-corrected chi connectivity index (χ2v) is 2.53. The SMILES string of the molecule is COC(=O)c1nnn2ccc(=O)[nH]c12. The van der Waals surface area contributed by atoms with Crippen LogP contribution >= 0.6 is 0 Å². The molecule has 0 bridgehead atoms. The zero-order chi connectivity index (χ0) is 10.1. The van der Waals surface area contributed by atoms with Crippen molar-refractivity contribution in [2.75, 3.05) is 7.11 Å². The zero-order valence-corrected chi connectivity index (χ0v) is 7.22. The summed E-state index contributed by atoms with van der Waals surface area (Å²) in [6.45, 7) is 0. The summed E-state index contributed by atoms with van der Waals surface area (Å²) in [4.78, 5) is 24.5. The molecule has 0 aliphatic carbocycles. The number of esters is 1. The number of hydrogen-bond donors (Lipinski definition) is 1. The van der Waals surface area contributed by atoms with Gasteiger partial charge in [0, 0.05) is 12.3 Å². The topological polar surface area (TPSA) is 89.3 Å². The lowest BCUT2D eigenvalue weighted by atomic mass is 10.4. The molecule has 0 spiro atoms. The van der Waals surface area contributed by atoms with Gasteiger partial charge in [-0.15, -0.1) is 5.10 Å². The highest BCUT2D eigenvalue weighted by atomic mass is 16.5. The molecular weight excluding hydrogens is 188 g/mol. The molecule has 72 valence electrons. The summed E-state index contributed by atoms with van der Waals surface area (Å²) in [6, 6.07) is 1.28. The van der Waals surface area contributed by atoms with Crippen LogP contribution in [-0.4, -0.2) is 32.9 Å². The van der Waals surface area contributed by atoms with E-state index in [1.165, 1.54) is 23.9 Å². The number of methoxy groups -OCH3 is 1. The molecule has 14 heavy (non-hydrogen) atoms. The van der Waals surface area contributed by atoms with E-state index >= 15 is 0 Å². The summed E-state index contributed by atoms with van der Waals surface area (Å²) in [7, 11) is 1.23. The van der Waals surface area contributed by atoms with Crippen molar-refractivity contribution in [1.82, 2.24) is 19.8 Å². The molecule has 0 atom stereocenters. The molecule has 2 rings (SSSR count). The van der Waals surface area contributed by atoms with Crippen LogP contribution in [0.2, 0.25) is 0 Å². The van der Waals surface area contributed by atoms with Gasteiger partial charge in [0.15, 0.2) is 5.65 Å². The lowest BCUT2D eigenvalue weighted by Gasteiger charge is -1.93. The van der Waals surface area contributed by atoms with Gasteiger partial charge in [0.1, 0.15) is 0 Å². The number of ether oxygens (including phenoxy) is 1. The average Bonchev–Trinajstić information content (AvgIpc) is 2.59. The van der Waals surface area contributed by atoms with Gasteiger partial charge in [0.2, 0.25) is 5.69 Å². The number of nitrogens with zero attached hydrogens (tertiary/aromatic N) is 3. The fourth-order valence-corrected chi connectivity index (χ4v) is 1.05. The van der Waals surface area contributed by atoms with E-state index in [1.54, 1.807) is 0 Å². The first-order chi connectivity index (χ1) is 6.72. The second-order valence-electron chi connectivity index (χ2n) is 2.53. The summed E-state index contributed by atoms with van der Waals surface area (Å²) in [5.74, 6) is -0.637. The van der Waals surface area contributed by atoms with E-state index in [2.05, 4.69) is 20.0 Å². The van der Waals surface area contributed by atoms with Crippen molar-refractivity contribution < 1.29 is 9.53 Å². The van der Waals surface area contributed by atoms with E-state index in [0.29, 0.717) is 0 Å². The molecule has 0 amide bonds. The number of nitrogens with one attached hydrogen (secondary N) is 1. The minimum absolute atomic E-state index is 0.00907. The third-order valence-electron chi connectivity index (χ3n) is 1.68. The smallest absolute Gasteiger partial charge is 0.362 e. The van der Waals surface area contributed by atoms with Gasteiger partial charge >= 0.3 is 5.97 Å². The number of carbonyl (C=O) groups is 1. The van der Waals surface area contributed by atoms with E-state index < -0.39 is 5.97 Å². The first-order valence-electron chi connectivity index (χ1n) is 3.75. The number of carbonyl (C=O) groups excluding carboxylic acids is 1. The molecule has 2 aromatic heterocycles. The van der Waals surface area contributed by atoms with Crippen molar-refractivity contribution in [2.24, 2.45) is 0 Å². The molecule has 7 nitrogen and oxygen atoms in total. The highest BCUT2D eigenvalue weighted by Crippen LogP contribution is 2.02. The minimum Gasteiger partial charge on any atom is -0.464 e. The van der Waals surface area contributed by atoms with Crippen LogP contribution in [-0.2, 0) is 4.74 Å². The van der Waals surface area contributed by atoms with Gasteiger partial charge in [-0.1, -0.05) is 5.21 Å². The maximum absolute atomic E-state index is 11.1. The summed E-state index contributed by atoms with van der Waals surface area (Å²) >= 11 is 0. The predicted octanol–water partition coefficient (Wildman–Crippen LogP) is -0.796. The lowest BCUT2D eigenvalue weighted by molar-refractivity contribution is 0.0596. The minimum atomic E-state index is -0.637. The van der Waals surface area contributed by atoms with Gasteiger partial charge < -0.3 is 9.72 Å². The third kappa shape index (κ3) is 1.15. The van der Waals surface area contributed by atoms with E-state index in [4.69, 9.17) is 0 Å². The Bertz CT molecular complexity index is 541. The van der Waals surface area contributed by atoms with E-state index in [1.807, 2.05) is 0 Å². The van der Waals surface area contributed by atoms with Crippen molar-refractivity contribution >= 4 is 11.6 Å². The van der Waals surface area contributed by atoms with Crippen LogP contribution < -0.4 is 5.56 Å². The Morgan fingerprint density at radius 1 is 1.64 bits per heavy atom. The monoisotopic (exact) mass is 194 g/mol. The molecule has 0 aliphatic rings. The van der Waals surface area contributed by atoms with Crippen molar-refractivity contribution in [2.45, 2.75) is 0 Å². The summed E-state index contributed by atoms with van der Waals surface area (Å²) < 4.78 is 5.75. The predicted molar refractivity (Wildman–Crippen MR) is 44.9 cm³/mol. The lowest BCUT2D eigenvalue weighted by Crippen LogP contribution is -2.09. The molecule has 7 heteroatoms. The molecular formula is C7H6N4O3. The Kier molecular flexibility index (Phi) is 1.77. The molecule has 1 N–H and O–H groups in total. The largest absolute Gasteiger partial charge is 0.464 e. The summed E-state index contributed by atoms with van der Waals surface area (Å²) in [5.41, 5.74) is -0.112. The molecule has 0 radical (unpaired) electrons. The van der Waals surface area contributed by atoms with Gasteiger partial charge in [-0.3, -0.25) is 4.79 Å². The van der Waals surface area contributed by atoms with Crippen LogP contribution in [0.3, 0.4) is 0 Å². The van der Waals surface area contributed by atoms with Gasteiger partial charge in [-0.2, -0.15) is 0 Å². The van der Waals surface area contributed by atoms with Crippen molar-refractivity contribution in [3.63, 3.8) is 0 Å². The zero-order valence-electron chi connectivity index (χ0n) is 7.22. The fraction of sp³-hybridized carbons (Fsp3) is 0.143. The van der Waals surface area contributed by atoms with Crippen LogP contribution in [0.15, 0.2) is 17.1 Å². The molecule has 2 aromatic rings. The average molecular weight is 194 g/mol. The summed E-state index contributed by atoms with van der Waals surface area (Å²) in [5, 5.41) is 7.20. The van der Waals surface area contributed by atoms with Crippen LogP contribution in [0.25, 0.3) is 5.65 Å². The molecule has 2 heterocycles. The second kappa shape index (κ2) is 2.95. The maximum atomic E-state index is 11.1. The van der Waals surface area contributed by atoms with Crippen molar-refractivity contribution in [3.8, 4) is 0 Å². The van der Waals surface area contributed by atoms with Crippen LogP contribution in [0.4, 0.5) is 0 Å². The van der Waals surface area contributed by atoms with E-state index in [0.717, 1.165) is 0 Å². The standard InChI is InChI=1S/C7H6N4O3/c1-14-7(13)5-6-8-4(12)2-3-11(6)10-9-5/h2-3H,1H3,(H,8,12). The number of rotatable bonds is 1. The van der Waals surface area contributed by atoms with E-state index in [9.17, 15) is 9.59 Å². The molecule has 0 saturated heterocycles. The molecule has 0 aliphatic heterocycles. The summed E-state index contributed by atoms with van der Waals surface area (Å²) in [6.07, 6.45) is 1.41. The fourth-order valence-electron chi connectivity index (χ4n) is 1.05. The number of hydrogen-bond acceptors (Lipinski definition) is 5. The highest BCUT2D eigenvalue weighted by molar-refractivity contribution is 5.93. The third-order valence-corrected chi connectivity index (χ3v) is 1.68. The normalized spacial score (nSPS) is 10.4. The highest BCUT2D eigenvalue weighted by Gasteiger charge is 2.15. The van der Waals surface area contributed by atoms with Crippen molar-refractivity contribution in [3.05, 3.63) is 28.3 Å². The Hall–Kier alpha value is -2.18. The van der Waals surface area contributed by atoms with Crippen molar-refractivity contribution in [1.29, 1.82) is 0 Å². The van der Waals surface area contributed by atoms with Crippen LogP contribution in [0, 0.1) is 0 Å². The molecule has 0 aromatic carbocycles. The number of aromatic amines is 1. The van der Waals surface area contributed by atoms with Crippen LogP contribution in [0.5, 0.6) is 0 Å². The Balaban J connectivity index is 2.73. The number of aromatic nitrogens is 4. The molecule has 0 saturated carbocycles. The first kappa shape index (κ1) is 8.42. The van der Waals surface area contributed by atoms with Gasteiger partial charge in [-0.05, 0) is 0 Å². The van der Waals surface area contributed by atoms with Gasteiger partial charge in [-0.25, -0.2) is 9.31 Å². The Morgan fingerprint density at radius 3 is 3.14 bits per heavy atom. The van der Waals surface area contributed by atoms with Gasteiger partial charge in [0.25, 0.3) is 5.56 Å². The maximum Gasteiger partial charge on any atom is 0.362 e. The van der Waals surface area contributed by atoms with Crippen LogP contribution in [0.1, 0.15) is 10.5 Å². The number of H-pyrrole nitrogens is 1. The molecule has 0 unspecified atom stereocenters. The Labute approximate surface area is 77.3 Å². The van der Waals surface area contributed by atoms with E-state index in [-0.39, 0.29) is 16.9 Å². The quantitative estimate of drug-likeness (QED) is 0.600. The number of fused-ring (bicyclic) bond motifs is 1. The van der Waals surface area contributed by atoms with Gasteiger partial charge in [0.05, 0.1) is 7.11 Å². The Morgan fingerprint density at radius 2 is 2.43 bits per heavy atom.